The Morgan fingerprint density at radius 1 is 1.27 bits per heavy atom. The van der Waals surface area contributed by atoms with Gasteiger partial charge in [0.1, 0.15) is 0 Å². The topological polar surface area (TPSA) is 55.8 Å². The molecule has 0 bridgehead atoms. The molecule has 0 fully saturated rings. The van der Waals surface area contributed by atoms with E-state index in [-0.39, 0.29) is 6.61 Å². The number of aliphatic hydroxyl groups excluding tert-OH is 1. The lowest BCUT2D eigenvalue weighted by Crippen LogP contribution is -2.40. The minimum atomic E-state index is -1.71. The molecule has 0 amide bonds. The van der Waals surface area contributed by atoms with E-state index >= 15 is 0 Å². The quantitative estimate of drug-likeness (QED) is 0.536. The Balaban J connectivity index is 4.16. The average molecular weight is 234 g/mol. The van der Waals surface area contributed by atoms with Crippen molar-refractivity contribution in [2.75, 3.05) is 13.7 Å². The van der Waals surface area contributed by atoms with Crippen molar-refractivity contribution in [3.05, 3.63) is 0 Å². The van der Waals surface area contributed by atoms with E-state index in [1.54, 1.807) is 0 Å². The maximum absolute atomic E-state index is 11.0. The Hall–Kier alpha value is -0.393. The molecule has 0 aliphatic heterocycles. The van der Waals surface area contributed by atoms with Crippen LogP contribution in [-0.2, 0) is 14.0 Å². The van der Waals surface area contributed by atoms with Crippen molar-refractivity contribution >= 4 is 14.3 Å². The van der Waals surface area contributed by atoms with Crippen molar-refractivity contribution in [1.82, 2.24) is 0 Å². The van der Waals surface area contributed by atoms with Crippen LogP contribution in [0.2, 0.25) is 18.1 Å². The van der Waals surface area contributed by atoms with Crippen molar-refractivity contribution in [2.45, 2.75) is 45.0 Å². The first-order chi connectivity index (χ1) is 7.05. The fourth-order valence-electron chi connectivity index (χ4n) is 1.52. The molecule has 0 spiro atoms. The minimum absolute atomic E-state index is 0.0639. The first kappa shape index (κ1) is 14.6. The van der Waals surface area contributed by atoms with Gasteiger partial charge in [0.2, 0.25) is 0 Å². The highest BCUT2D eigenvalue weighted by Gasteiger charge is 2.30. The molecule has 0 aromatic rings. The third-order valence-electron chi connectivity index (χ3n) is 2.95. The smallest absolute Gasteiger partial charge is 0.337 e. The van der Waals surface area contributed by atoms with E-state index in [1.807, 2.05) is 0 Å². The molecule has 0 unspecified atom stereocenters. The van der Waals surface area contributed by atoms with Gasteiger partial charge in [-0.3, -0.25) is 0 Å². The Morgan fingerprint density at radius 2 is 1.73 bits per heavy atom. The van der Waals surface area contributed by atoms with Gasteiger partial charge in [0.25, 0.3) is 0 Å². The minimum Gasteiger partial charge on any atom is -0.467 e. The summed E-state index contributed by atoms with van der Waals surface area (Å²) in [6.45, 7) is 6.37. The summed E-state index contributed by atoms with van der Waals surface area (Å²) in [7, 11) is -0.447. The maximum atomic E-state index is 11.0. The van der Waals surface area contributed by atoms with E-state index in [0.29, 0.717) is 0 Å². The number of ether oxygens (including phenoxy) is 1. The zero-order valence-electron chi connectivity index (χ0n) is 10.1. The van der Waals surface area contributed by atoms with Crippen LogP contribution in [0.15, 0.2) is 0 Å². The molecule has 0 heterocycles. The molecule has 4 nitrogen and oxygen atoms in total. The highest BCUT2D eigenvalue weighted by molar-refractivity contribution is 6.73. The lowest BCUT2D eigenvalue weighted by Gasteiger charge is -2.28. The fraction of sp³-hybridized carbons (Fsp3) is 0.900. The molecular formula is C10H22O4Si. The van der Waals surface area contributed by atoms with Crippen molar-refractivity contribution < 1.29 is 19.1 Å². The van der Waals surface area contributed by atoms with Gasteiger partial charge in [-0.2, -0.15) is 0 Å². The molecule has 15 heavy (non-hydrogen) atoms. The number of hydrogen-bond donors (Lipinski definition) is 1. The zero-order chi connectivity index (χ0) is 11.9. The van der Waals surface area contributed by atoms with Gasteiger partial charge in [-0.1, -0.05) is 20.8 Å². The SMILES string of the molecule is CC[Si](CC)(CC)OC[C@H](O)C(=O)OC. The Kier molecular flexibility index (Phi) is 6.79. The summed E-state index contributed by atoms with van der Waals surface area (Å²) in [5.41, 5.74) is 0. The van der Waals surface area contributed by atoms with Crippen molar-refractivity contribution in [3.8, 4) is 0 Å². The molecule has 0 saturated carbocycles. The lowest BCUT2D eigenvalue weighted by molar-refractivity contribution is -0.152. The molecular weight excluding hydrogens is 212 g/mol. The Labute approximate surface area is 92.7 Å². The standard InChI is InChI=1S/C10H22O4Si/c1-5-15(6-2,7-3)14-8-9(11)10(12)13-4/h9,11H,5-8H2,1-4H3/t9-/m0/s1. The summed E-state index contributed by atoms with van der Waals surface area (Å²) < 4.78 is 10.2. The van der Waals surface area contributed by atoms with Crippen LogP contribution in [0.25, 0.3) is 0 Å². The molecule has 0 aromatic heterocycles. The third kappa shape index (κ3) is 4.32. The van der Waals surface area contributed by atoms with Gasteiger partial charge in [-0.25, -0.2) is 4.79 Å². The van der Waals surface area contributed by atoms with Gasteiger partial charge in [-0.05, 0) is 18.1 Å². The highest BCUT2D eigenvalue weighted by Crippen LogP contribution is 2.21. The van der Waals surface area contributed by atoms with E-state index in [2.05, 4.69) is 25.5 Å². The number of esters is 1. The summed E-state index contributed by atoms with van der Waals surface area (Å²) in [6.07, 6.45) is -1.15. The highest BCUT2D eigenvalue weighted by atomic mass is 28.4. The molecule has 0 aliphatic carbocycles. The second kappa shape index (κ2) is 6.98. The zero-order valence-corrected chi connectivity index (χ0v) is 11.1. The summed E-state index contributed by atoms with van der Waals surface area (Å²) in [4.78, 5) is 11.0. The van der Waals surface area contributed by atoms with Crippen LogP contribution >= 0.6 is 0 Å². The molecule has 1 N–H and O–H groups in total. The predicted octanol–water partition coefficient (Wildman–Crippen LogP) is 1.54. The van der Waals surface area contributed by atoms with Crippen LogP contribution in [-0.4, -0.2) is 39.2 Å². The first-order valence-electron chi connectivity index (χ1n) is 5.45. The van der Waals surface area contributed by atoms with Gasteiger partial charge in [0.15, 0.2) is 14.4 Å². The van der Waals surface area contributed by atoms with Crippen LogP contribution in [0, 0.1) is 0 Å². The number of carbonyl (C=O) groups excluding carboxylic acids is 1. The van der Waals surface area contributed by atoms with E-state index in [9.17, 15) is 9.90 Å². The monoisotopic (exact) mass is 234 g/mol. The molecule has 5 heteroatoms. The molecule has 0 aromatic carbocycles. The Morgan fingerprint density at radius 3 is 2.07 bits per heavy atom. The molecule has 90 valence electrons. The summed E-state index contributed by atoms with van der Waals surface area (Å²) in [5, 5.41) is 9.39. The maximum Gasteiger partial charge on any atom is 0.337 e. The molecule has 1 atom stereocenters. The van der Waals surface area contributed by atoms with Crippen molar-refractivity contribution in [3.63, 3.8) is 0 Å². The largest absolute Gasteiger partial charge is 0.467 e. The lowest BCUT2D eigenvalue weighted by atomic mass is 10.4. The van der Waals surface area contributed by atoms with Gasteiger partial charge in [-0.15, -0.1) is 0 Å². The average Bonchev–Trinajstić information content (AvgIpc) is 2.30. The molecule has 0 aliphatic rings. The van der Waals surface area contributed by atoms with Crippen LogP contribution in [0.3, 0.4) is 0 Å². The van der Waals surface area contributed by atoms with Crippen LogP contribution in [0.5, 0.6) is 0 Å². The predicted molar refractivity (Wildman–Crippen MR) is 61.2 cm³/mol. The number of carbonyl (C=O) groups is 1. The summed E-state index contributed by atoms with van der Waals surface area (Å²) in [5.74, 6) is -0.624. The second-order valence-corrected chi connectivity index (χ2v) is 8.37. The van der Waals surface area contributed by atoms with Gasteiger partial charge < -0.3 is 14.3 Å². The number of hydrogen-bond acceptors (Lipinski definition) is 4. The molecule has 0 rings (SSSR count). The van der Waals surface area contributed by atoms with Crippen molar-refractivity contribution in [2.24, 2.45) is 0 Å². The fourth-order valence-corrected chi connectivity index (χ4v) is 4.14. The van der Waals surface area contributed by atoms with Gasteiger partial charge in [0, 0.05) is 0 Å². The number of aliphatic hydroxyl groups is 1. The van der Waals surface area contributed by atoms with E-state index in [0.717, 1.165) is 18.1 Å². The number of rotatable bonds is 7. The van der Waals surface area contributed by atoms with Crippen LogP contribution in [0.1, 0.15) is 20.8 Å². The van der Waals surface area contributed by atoms with E-state index in [4.69, 9.17) is 4.43 Å². The first-order valence-corrected chi connectivity index (χ1v) is 7.98. The van der Waals surface area contributed by atoms with Crippen LogP contribution < -0.4 is 0 Å². The normalized spacial score (nSPS) is 13.7. The number of methoxy groups -OCH3 is 1. The second-order valence-electron chi connectivity index (χ2n) is 3.59. The Bertz CT molecular complexity index is 184. The van der Waals surface area contributed by atoms with Crippen molar-refractivity contribution in [1.29, 1.82) is 0 Å². The van der Waals surface area contributed by atoms with Gasteiger partial charge in [0.05, 0.1) is 13.7 Å². The van der Waals surface area contributed by atoms with Gasteiger partial charge >= 0.3 is 5.97 Å². The summed E-state index contributed by atoms with van der Waals surface area (Å²) in [6, 6.07) is 3.02. The van der Waals surface area contributed by atoms with E-state index in [1.165, 1.54) is 7.11 Å². The summed E-state index contributed by atoms with van der Waals surface area (Å²) >= 11 is 0. The molecule has 0 radical (unpaired) electrons. The third-order valence-corrected chi connectivity index (χ3v) is 7.60. The van der Waals surface area contributed by atoms with Crippen LogP contribution in [0.4, 0.5) is 0 Å². The molecule has 0 saturated heterocycles. The van der Waals surface area contributed by atoms with E-state index < -0.39 is 20.4 Å².